The van der Waals surface area contributed by atoms with E-state index in [2.05, 4.69) is 6.92 Å². The molecule has 1 N–H and O–H groups in total. The Labute approximate surface area is 197 Å². The number of hydrogen-bond acceptors (Lipinski definition) is 8. The highest BCUT2D eigenvalue weighted by Crippen LogP contribution is 2.60. The first-order chi connectivity index (χ1) is 16.1. The van der Waals surface area contributed by atoms with Crippen molar-refractivity contribution >= 4 is 11.7 Å². The number of aliphatic carboxylic acids is 1. The first-order valence-corrected chi connectivity index (χ1v) is 11.9. The molecule has 1 aromatic rings. The van der Waals surface area contributed by atoms with Crippen LogP contribution in [0.1, 0.15) is 64.5 Å². The second-order valence-electron chi connectivity index (χ2n) is 10.3. The molecule has 4 aliphatic heterocycles. The predicted molar refractivity (Wildman–Crippen MR) is 116 cm³/mol. The van der Waals surface area contributed by atoms with Gasteiger partial charge in [-0.25, -0.2) is 9.78 Å². The van der Waals surface area contributed by atoms with Crippen molar-refractivity contribution in [2.75, 3.05) is 0 Å². The van der Waals surface area contributed by atoms with E-state index < -0.39 is 41.0 Å². The number of hydrogen-bond donors (Lipinski definition) is 1. The van der Waals surface area contributed by atoms with Gasteiger partial charge in [-0.05, 0) is 55.7 Å². The van der Waals surface area contributed by atoms with E-state index in [1.54, 1.807) is 0 Å². The summed E-state index contributed by atoms with van der Waals surface area (Å²) in [4.78, 5) is 34.1. The van der Waals surface area contributed by atoms with E-state index in [0.29, 0.717) is 17.9 Å². The minimum atomic E-state index is -1.04. The largest absolute Gasteiger partial charge is 0.481 e. The Hall–Kier alpha value is -2.11. The molecule has 0 unspecified atom stereocenters. The van der Waals surface area contributed by atoms with Crippen LogP contribution in [0.25, 0.3) is 0 Å². The number of carboxylic acids is 1. The first kappa shape index (κ1) is 23.6. The zero-order valence-corrected chi connectivity index (χ0v) is 19.5. The number of rotatable bonds is 6. The third-order valence-corrected chi connectivity index (χ3v) is 8.23. The van der Waals surface area contributed by atoms with Crippen LogP contribution in [0.15, 0.2) is 24.3 Å². The number of nitro groups is 1. The predicted octanol–water partition coefficient (Wildman–Crippen LogP) is 4.34. The van der Waals surface area contributed by atoms with Crippen LogP contribution in [-0.4, -0.2) is 40.0 Å². The van der Waals surface area contributed by atoms with E-state index >= 15 is 0 Å². The van der Waals surface area contributed by atoms with Crippen molar-refractivity contribution in [2.45, 2.75) is 82.9 Å². The van der Waals surface area contributed by atoms with Crippen molar-refractivity contribution in [1.29, 1.82) is 0 Å². The molecule has 186 valence electrons. The SMILES string of the molecule is C[C@H]1[C@@H](O[C@H](CC(=O)O)c2ccc([N+](=O)[O-])cc2)O[C@@H]2O[C@@]3(C)CC[C@H]4[C@H](C)CC[C@@H]1[C@@]24OO3. The number of carboxylic acid groups (broad SMARTS) is 1. The number of nitro benzene ring substituents is 1. The number of ether oxygens (including phenoxy) is 3. The molecule has 5 aliphatic rings. The van der Waals surface area contributed by atoms with Crippen LogP contribution >= 0.6 is 0 Å². The second-order valence-corrected chi connectivity index (χ2v) is 10.3. The molecule has 10 nitrogen and oxygen atoms in total. The molecule has 34 heavy (non-hydrogen) atoms. The monoisotopic (exact) mass is 477 g/mol. The summed E-state index contributed by atoms with van der Waals surface area (Å²) in [7, 11) is 0. The summed E-state index contributed by atoms with van der Waals surface area (Å²) < 4.78 is 19.0. The van der Waals surface area contributed by atoms with Crippen LogP contribution in [0.2, 0.25) is 0 Å². The maximum absolute atomic E-state index is 11.6. The van der Waals surface area contributed by atoms with Crippen molar-refractivity contribution < 1.29 is 38.8 Å². The molecule has 4 heterocycles. The molecule has 2 bridgehead atoms. The lowest BCUT2D eigenvalue weighted by Crippen LogP contribution is -2.70. The number of non-ortho nitro benzene ring substituents is 1. The van der Waals surface area contributed by atoms with E-state index in [1.165, 1.54) is 24.3 Å². The third kappa shape index (κ3) is 3.81. The molecule has 0 radical (unpaired) electrons. The highest BCUT2D eigenvalue weighted by Gasteiger charge is 2.69. The molecule has 10 heteroatoms. The topological polar surface area (TPSA) is 127 Å². The molecular weight excluding hydrogens is 446 g/mol. The Bertz CT molecular complexity index is 954. The van der Waals surface area contributed by atoms with Crippen LogP contribution in [-0.2, 0) is 28.8 Å². The Kier molecular flexibility index (Phi) is 5.92. The molecule has 0 amide bonds. The molecule has 1 saturated carbocycles. The smallest absolute Gasteiger partial charge is 0.306 e. The fraction of sp³-hybridized carbons (Fsp3) is 0.708. The van der Waals surface area contributed by atoms with Gasteiger partial charge in [0.2, 0.25) is 5.79 Å². The number of benzene rings is 1. The summed E-state index contributed by atoms with van der Waals surface area (Å²) >= 11 is 0. The van der Waals surface area contributed by atoms with Crippen molar-refractivity contribution in [2.24, 2.45) is 23.7 Å². The lowest BCUT2D eigenvalue weighted by molar-refractivity contribution is -0.578. The fourth-order valence-electron chi connectivity index (χ4n) is 6.40. The van der Waals surface area contributed by atoms with Crippen molar-refractivity contribution in [1.82, 2.24) is 0 Å². The van der Waals surface area contributed by atoms with Gasteiger partial charge in [0.1, 0.15) is 0 Å². The van der Waals surface area contributed by atoms with Crippen LogP contribution in [0, 0.1) is 33.8 Å². The van der Waals surface area contributed by atoms with E-state index in [9.17, 15) is 20.0 Å². The van der Waals surface area contributed by atoms with Gasteiger partial charge < -0.3 is 19.3 Å². The molecule has 6 rings (SSSR count). The lowest BCUT2D eigenvalue weighted by atomic mass is 9.58. The molecule has 1 aliphatic carbocycles. The molecular formula is C24H31NO9. The maximum Gasteiger partial charge on any atom is 0.306 e. The summed E-state index contributed by atoms with van der Waals surface area (Å²) in [5.74, 6) is -1.38. The summed E-state index contributed by atoms with van der Waals surface area (Å²) in [6.07, 6.45) is 0.968. The van der Waals surface area contributed by atoms with E-state index in [0.717, 1.165) is 19.3 Å². The normalized spacial score (nSPS) is 41.9. The zero-order valence-electron chi connectivity index (χ0n) is 19.5. The Morgan fingerprint density at radius 2 is 1.94 bits per heavy atom. The molecule has 1 spiro atoms. The van der Waals surface area contributed by atoms with Gasteiger partial charge in [-0.3, -0.25) is 14.9 Å². The van der Waals surface area contributed by atoms with Gasteiger partial charge in [-0.1, -0.05) is 13.8 Å². The van der Waals surface area contributed by atoms with Crippen molar-refractivity contribution in [3.05, 3.63) is 39.9 Å². The average molecular weight is 478 g/mol. The zero-order chi connectivity index (χ0) is 24.3. The summed E-state index contributed by atoms with van der Waals surface area (Å²) in [5.41, 5.74) is -0.269. The van der Waals surface area contributed by atoms with Gasteiger partial charge >= 0.3 is 5.97 Å². The maximum atomic E-state index is 11.6. The molecule has 5 fully saturated rings. The quantitative estimate of drug-likeness (QED) is 0.362. The number of carbonyl (C=O) groups is 1. The van der Waals surface area contributed by atoms with Gasteiger partial charge in [-0.2, -0.15) is 0 Å². The Morgan fingerprint density at radius 1 is 1.21 bits per heavy atom. The minimum Gasteiger partial charge on any atom is -0.481 e. The number of fused-ring (bicyclic) bond motifs is 2. The first-order valence-electron chi connectivity index (χ1n) is 11.9. The van der Waals surface area contributed by atoms with Gasteiger partial charge in [0, 0.05) is 30.4 Å². The van der Waals surface area contributed by atoms with Gasteiger partial charge in [0.15, 0.2) is 18.2 Å². The van der Waals surface area contributed by atoms with E-state index in [4.69, 9.17) is 24.0 Å². The van der Waals surface area contributed by atoms with Crippen LogP contribution in [0.3, 0.4) is 0 Å². The second kappa shape index (κ2) is 8.53. The van der Waals surface area contributed by atoms with Crippen LogP contribution in [0.4, 0.5) is 5.69 Å². The summed E-state index contributed by atoms with van der Waals surface area (Å²) in [6.45, 7) is 6.11. The van der Waals surface area contributed by atoms with Crippen LogP contribution in [0.5, 0.6) is 0 Å². The molecule has 1 aromatic carbocycles. The summed E-state index contributed by atoms with van der Waals surface area (Å²) in [5, 5.41) is 20.5. The minimum absolute atomic E-state index is 0.0439. The highest BCUT2D eigenvalue weighted by molar-refractivity contribution is 5.67. The van der Waals surface area contributed by atoms with E-state index in [-0.39, 0.29) is 29.9 Å². The van der Waals surface area contributed by atoms with Crippen LogP contribution < -0.4 is 0 Å². The highest BCUT2D eigenvalue weighted by atomic mass is 17.3. The van der Waals surface area contributed by atoms with Gasteiger partial charge in [-0.15, -0.1) is 0 Å². The molecule has 9 atom stereocenters. The van der Waals surface area contributed by atoms with Gasteiger partial charge in [0.25, 0.3) is 5.69 Å². The average Bonchev–Trinajstić information content (AvgIpc) is 3.02. The molecule has 0 aromatic heterocycles. The van der Waals surface area contributed by atoms with Gasteiger partial charge in [0.05, 0.1) is 17.4 Å². The molecule has 4 saturated heterocycles. The lowest BCUT2D eigenvalue weighted by Gasteiger charge is -2.60. The standard InChI is InChI=1S/C24H31NO9/c1-13-4-9-18-14(2)21(31-22-24(18)17(13)10-11-23(3,32-22)33-34-24)30-19(12-20(26)27)15-5-7-16(8-6-15)25(28)29/h5-8,13-14,17-19,21-22H,4,9-12H2,1-3H3,(H,26,27)/t13-,14-,17+,18+,19-,21+,22-,23-,24-/m1/s1. The Balaban J connectivity index is 1.44. The summed E-state index contributed by atoms with van der Waals surface area (Å²) in [6, 6.07) is 5.75. The number of nitrogens with zero attached hydrogens (tertiary/aromatic N) is 1. The third-order valence-electron chi connectivity index (χ3n) is 8.23. The van der Waals surface area contributed by atoms with E-state index in [1.807, 2.05) is 13.8 Å². The Morgan fingerprint density at radius 3 is 2.62 bits per heavy atom. The fourth-order valence-corrected chi connectivity index (χ4v) is 6.40. The van der Waals surface area contributed by atoms with Crippen molar-refractivity contribution in [3.8, 4) is 0 Å². The van der Waals surface area contributed by atoms with Crippen molar-refractivity contribution in [3.63, 3.8) is 0 Å².